The minimum absolute atomic E-state index is 0.184. The van der Waals surface area contributed by atoms with Crippen molar-refractivity contribution in [3.63, 3.8) is 0 Å². The second kappa shape index (κ2) is 9.02. The zero-order valence-electron chi connectivity index (χ0n) is 19.0. The van der Waals surface area contributed by atoms with Gasteiger partial charge in [-0.1, -0.05) is 54.6 Å². The third-order valence-electron chi connectivity index (χ3n) is 6.10. The molecular weight excluding hydrogens is 430 g/mol. The van der Waals surface area contributed by atoms with Crippen LogP contribution < -0.4 is 9.64 Å². The normalized spacial score (nSPS) is 17.5. The Morgan fingerprint density at radius 1 is 1.00 bits per heavy atom. The lowest BCUT2D eigenvalue weighted by Crippen LogP contribution is -2.49. The molecular formula is C27H25N3O4. The van der Waals surface area contributed by atoms with Gasteiger partial charge in [-0.15, -0.1) is 0 Å². The molecule has 1 aromatic heterocycles. The summed E-state index contributed by atoms with van der Waals surface area (Å²) in [7, 11) is 1.59. The highest BCUT2D eigenvalue weighted by molar-refractivity contribution is 6.08. The number of nitrogens with zero attached hydrogens (tertiary/aromatic N) is 3. The van der Waals surface area contributed by atoms with Gasteiger partial charge in [0.2, 0.25) is 11.9 Å². The monoisotopic (exact) mass is 455 g/mol. The van der Waals surface area contributed by atoms with Crippen LogP contribution in [0, 0.1) is 5.92 Å². The number of hydrogen-bond donors (Lipinski definition) is 0. The predicted molar refractivity (Wildman–Crippen MR) is 129 cm³/mol. The van der Waals surface area contributed by atoms with E-state index in [9.17, 15) is 9.59 Å². The van der Waals surface area contributed by atoms with Crippen LogP contribution in [0.4, 0.5) is 5.95 Å². The summed E-state index contributed by atoms with van der Waals surface area (Å²) in [5.41, 5.74) is 3.30. The first-order chi connectivity index (χ1) is 16.6. The number of methoxy groups -OCH3 is 1. The van der Waals surface area contributed by atoms with Crippen molar-refractivity contribution in [1.82, 2.24) is 9.55 Å². The molecule has 0 fully saturated rings. The summed E-state index contributed by atoms with van der Waals surface area (Å²) >= 11 is 0. The molecule has 0 unspecified atom stereocenters. The van der Waals surface area contributed by atoms with E-state index in [-0.39, 0.29) is 12.5 Å². The third kappa shape index (κ3) is 3.69. The van der Waals surface area contributed by atoms with E-state index < -0.39 is 17.9 Å². The summed E-state index contributed by atoms with van der Waals surface area (Å²) in [6.45, 7) is 2.22. The van der Waals surface area contributed by atoms with Crippen LogP contribution in [0.15, 0.2) is 78.9 Å². The number of para-hydroxylation sites is 2. The molecule has 1 aliphatic rings. The Morgan fingerprint density at radius 3 is 2.53 bits per heavy atom. The molecule has 4 aromatic rings. The SMILES string of the molecule is CCOC(=O)[C@@H]1C(=O)N(Cc2ccccc2)c2nc3ccccc3n2[C@@H]1c1cccc(OC)c1. The molecule has 0 N–H and O–H groups in total. The zero-order valence-corrected chi connectivity index (χ0v) is 19.0. The van der Waals surface area contributed by atoms with Crippen molar-refractivity contribution in [3.8, 4) is 5.75 Å². The fraction of sp³-hybridized carbons (Fsp3) is 0.222. The van der Waals surface area contributed by atoms with Crippen molar-refractivity contribution in [1.29, 1.82) is 0 Å². The van der Waals surface area contributed by atoms with Gasteiger partial charge in [0.25, 0.3) is 0 Å². The molecule has 2 heterocycles. The standard InChI is InChI=1S/C27H25N3O4/c1-3-34-26(32)23-24(19-12-9-13-20(16-19)33-2)30-22-15-8-7-14-21(22)28-27(30)29(25(23)31)17-18-10-5-4-6-11-18/h4-16,23-24H,3,17H2,1-2H3/t23-,24+/m0/s1. The van der Waals surface area contributed by atoms with E-state index >= 15 is 0 Å². The number of fused-ring (bicyclic) bond motifs is 3. The summed E-state index contributed by atoms with van der Waals surface area (Å²) in [5, 5.41) is 0. The summed E-state index contributed by atoms with van der Waals surface area (Å²) in [5.74, 6) is -0.811. The Kier molecular flexibility index (Phi) is 5.76. The summed E-state index contributed by atoms with van der Waals surface area (Å²) < 4.78 is 12.8. The lowest BCUT2D eigenvalue weighted by Gasteiger charge is -2.38. The van der Waals surface area contributed by atoms with Gasteiger partial charge in [0.1, 0.15) is 5.75 Å². The molecule has 2 atom stereocenters. The highest BCUT2D eigenvalue weighted by atomic mass is 16.5. The molecule has 34 heavy (non-hydrogen) atoms. The first-order valence-corrected chi connectivity index (χ1v) is 11.2. The quantitative estimate of drug-likeness (QED) is 0.319. The van der Waals surface area contributed by atoms with Crippen LogP contribution in [0.3, 0.4) is 0 Å². The third-order valence-corrected chi connectivity index (χ3v) is 6.10. The fourth-order valence-electron chi connectivity index (χ4n) is 4.59. The molecule has 0 saturated heterocycles. The van der Waals surface area contributed by atoms with Crippen LogP contribution >= 0.6 is 0 Å². The van der Waals surface area contributed by atoms with Gasteiger partial charge in [-0.3, -0.25) is 14.5 Å². The maximum absolute atomic E-state index is 14.0. The molecule has 172 valence electrons. The molecule has 1 aliphatic heterocycles. The van der Waals surface area contributed by atoms with E-state index in [1.165, 1.54) is 0 Å². The first kappa shape index (κ1) is 21.7. The number of carbonyl (C=O) groups is 2. The fourth-order valence-corrected chi connectivity index (χ4v) is 4.59. The molecule has 0 spiro atoms. The number of hydrogen-bond acceptors (Lipinski definition) is 5. The van der Waals surface area contributed by atoms with Crippen molar-refractivity contribution in [3.05, 3.63) is 90.0 Å². The van der Waals surface area contributed by atoms with E-state index in [2.05, 4.69) is 0 Å². The minimum Gasteiger partial charge on any atom is -0.497 e. The number of aromatic nitrogens is 2. The van der Waals surface area contributed by atoms with Gasteiger partial charge in [-0.25, -0.2) is 4.98 Å². The van der Waals surface area contributed by atoms with Gasteiger partial charge in [-0.05, 0) is 42.3 Å². The van der Waals surface area contributed by atoms with Gasteiger partial charge in [0.15, 0.2) is 5.92 Å². The second-order valence-electron chi connectivity index (χ2n) is 8.13. The van der Waals surface area contributed by atoms with E-state index in [1.54, 1.807) is 18.9 Å². The Morgan fingerprint density at radius 2 is 1.76 bits per heavy atom. The van der Waals surface area contributed by atoms with E-state index in [0.29, 0.717) is 18.2 Å². The van der Waals surface area contributed by atoms with E-state index in [0.717, 1.165) is 22.2 Å². The summed E-state index contributed by atoms with van der Waals surface area (Å²) in [6.07, 6.45) is 0. The minimum atomic E-state index is -1.07. The van der Waals surface area contributed by atoms with Crippen LogP contribution in [-0.4, -0.2) is 35.1 Å². The number of carbonyl (C=O) groups excluding carboxylic acids is 2. The van der Waals surface area contributed by atoms with Gasteiger partial charge < -0.3 is 14.0 Å². The number of anilines is 1. The average molecular weight is 456 g/mol. The molecule has 1 amide bonds. The van der Waals surface area contributed by atoms with Crippen molar-refractivity contribution < 1.29 is 19.1 Å². The molecule has 3 aromatic carbocycles. The lowest BCUT2D eigenvalue weighted by molar-refractivity contribution is -0.153. The van der Waals surface area contributed by atoms with Gasteiger partial charge in [-0.2, -0.15) is 0 Å². The Hall–Kier alpha value is -4.13. The van der Waals surface area contributed by atoms with Crippen molar-refractivity contribution in [2.24, 2.45) is 5.92 Å². The van der Waals surface area contributed by atoms with Gasteiger partial charge in [0, 0.05) is 0 Å². The molecule has 0 aliphatic carbocycles. The number of ether oxygens (including phenoxy) is 2. The number of amides is 1. The summed E-state index contributed by atoms with van der Waals surface area (Å²) in [4.78, 5) is 33.7. The van der Waals surface area contributed by atoms with Crippen LogP contribution in [0.25, 0.3) is 11.0 Å². The Bertz CT molecular complexity index is 1350. The molecule has 0 radical (unpaired) electrons. The van der Waals surface area contributed by atoms with Gasteiger partial charge in [0.05, 0.1) is 37.3 Å². The lowest BCUT2D eigenvalue weighted by atomic mass is 9.89. The first-order valence-electron chi connectivity index (χ1n) is 11.2. The maximum Gasteiger partial charge on any atom is 0.321 e. The highest BCUT2D eigenvalue weighted by Crippen LogP contribution is 2.42. The Labute approximate surface area is 197 Å². The Balaban J connectivity index is 1.75. The molecule has 0 bridgehead atoms. The maximum atomic E-state index is 14.0. The molecule has 5 rings (SSSR count). The van der Waals surface area contributed by atoms with Crippen molar-refractivity contribution >= 4 is 28.9 Å². The molecule has 7 nitrogen and oxygen atoms in total. The topological polar surface area (TPSA) is 73.7 Å². The smallest absolute Gasteiger partial charge is 0.321 e. The van der Waals surface area contributed by atoms with Crippen LogP contribution in [-0.2, 0) is 20.9 Å². The van der Waals surface area contributed by atoms with Crippen LogP contribution in [0.5, 0.6) is 5.75 Å². The van der Waals surface area contributed by atoms with Crippen molar-refractivity contribution in [2.75, 3.05) is 18.6 Å². The predicted octanol–water partition coefficient (Wildman–Crippen LogP) is 4.36. The van der Waals surface area contributed by atoms with Gasteiger partial charge >= 0.3 is 5.97 Å². The zero-order chi connectivity index (χ0) is 23.7. The number of benzene rings is 3. The number of esters is 1. The average Bonchev–Trinajstić information content (AvgIpc) is 3.25. The summed E-state index contributed by atoms with van der Waals surface area (Å²) in [6, 6.07) is 24.2. The molecule has 0 saturated carbocycles. The molecule has 7 heteroatoms. The van der Waals surface area contributed by atoms with Crippen molar-refractivity contribution in [2.45, 2.75) is 19.5 Å². The number of imidazole rings is 1. The largest absolute Gasteiger partial charge is 0.497 e. The highest BCUT2D eigenvalue weighted by Gasteiger charge is 2.47. The van der Waals surface area contributed by atoms with E-state index in [4.69, 9.17) is 14.5 Å². The van der Waals surface area contributed by atoms with Crippen LogP contribution in [0.1, 0.15) is 24.1 Å². The van der Waals surface area contributed by atoms with Crippen LogP contribution in [0.2, 0.25) is 0 Å². The number of rotatable bonds is 6. The van der Waals surface area contributed by atoms with E-state index in [1.807, 2.05) is 83.4 Å². The second-order valence-corrected chi connectivity index (χ2v) is 8.13.